The number of rotatable bonds is 4. The van der Waals surface area contributed by atoms with Crippen LogP contribution in [0.2, 0.25) is 0 Å². The average molecular weight is 194 g/mol. The molecule has 0 aromatic carbocycles. The fourth-order valence-corrected chi connectivity index (χ4v) is 1.23. The van der Waals surface area contributed by atoms with Gasteiger partial charge in [0.15, 0.2) is 0 Å². The Bertz CT molecular complexity index is 285. The van der Waals surface area contributed by atoms with Gasteiger partial charge in [-0.1, -0.05) is 0 Å². The van der Waals surface area contributed by atoms with Crippen molar-refractivity contribution < 1.29 is 18.9 Å². The molecule has 0 spiro atoms. The molecule has 1 aromatic heterocycles. The quantitative estimate of drug-likeness (QED) is 0.694. The normalized spacial score (nSPS) is 8.86. The molecule has 74 valence electrons. The Hall–Kier alpha value is -1.19. The summed E-state index contributed by atoms with van der Waals surface area (Å²) in [5.74, 6) is 1.07. The zero-order chi connectivity index (χ0) is 10.6. The van der Waals surface area contributed by atoms with Crippen molar-refractivity contribution in [2.75, 3.05) is 28.4 Å². The molecule has 6 heteroatoms. The van der Waals surface area contributed by atoms with Gasteiger partial charge in [-0.05, 0) is 0 Å². The van der Waals surface area contributed by atoms with E-state index in [0.717, 1.165) is 0 Å². The molecule has 0 aliphatic rings. The van der Waals surface area contributed by atoms with E-state index in [9.17, 15) is 0 Å². The maximum absolute atomic E-state index is 5.17. The van der Waals surface area contributed by atoms with Crippen molar-refractivity contribution in [2.24, 2.45) is 0 Å². The summed E-state index contributed by atoms with van der Waals surface area (Å²) in [6, 6.07) is 0. The number of ether oxygens (including phenoxy) is 4. The average Bonchev–Trinajstić information content (AvgIpc) is 2.26. The van der Waals surface area contributed by atoms with E-state index in [4.69, 9.17) is 18.9 Å². The Labute approximate surface area is 84.5 Å². The summed E-state index contributed by atoms with van der Waals surface area (Å²) in [6.45, 7) is 3.53. The monoisotopic (exact) mass is 194 g/mol. The maximum atomic E-state index is 5.17. The molecule has 0 saturated heterocycles. The van der Waals surface area contributed by atoms with Crippen LogP contribution < -0.4 is 18.9 Å². The molecule has 14 heavy (non-hydrogen) atoms. The zero-order valence-corrected chi connectivity index (χ0v) is 8.79. The van der Waals surface area contributed by atoms with Gasteiger partial charge in [-0.3, -0.25) is 0 Å². The molecule has 0 N–H and O–H groups in total. The van der Waals surface area contributed by atoms with Crippen LogP contribution in [0.25, 0.3) is 0 Å². The van der Waals surface area contributed by atoms with Crippen LogP contribution in [0.4, 0.5) is 0 Å². The molecule has 0 amide bonds. The SMILES string of the molecule is COc1bbc(OC)c(OC)c1OC. The first kappa shape index (κ1) is 10.9. The molecular weight excluding hydrogens is 182 g/mol. The van der Waals surface area contributed by atoms with Crippen LogP contribution in [-0.4, -0.2) is 42.0 Å². The van der Waals surface area contributed by atoms with E-state index >= 15 is 0 Å². The summed E-state index contributed by atoms with van der Waals surface area (Å²) in [7, 11) is 6.26. The van der Waals surface area contributed by atoms with Crippen LogP contribution in [0.15, 0.2) is 0 Å². The molecule has 0 saturated carbocycles. The van der Waals surface area contributed by atoms with Crippen molar-refractivity contribution in [3.63, 3.8) is 0 Å². The summed E-state index contributed by atoms with van der Waals surface area (Å²) in [6.07, 6.45) is 0. The van der Waals surface area contributed by atoms with Crippen LogP contribution >= 0.6 is 0 Å². The van der Waals surface area contributed by atoms with Gasteiger partial charge in [0.1, 0.15) is 0 Å². The van der Waals surface area contributed by atoms with E-state index in [1.165, 1.54) is 0 Å². The first-order chi connectivity index (χ1) is 6.78. The Kier molecular flexibility index (Phi) is 3.80. The van der Waals surface area contributed by atoms with Gasteiger partial charge in [-0.2, -0.15) is 0 Å². The van der Waals surface area contributed by atoms with Crippen LogP contribution in [0.1, 0.15) is 0 Å². The molecule has 1 rings (SSSR count). The summed E-state index contributed by atoms with van der Waals surface area (Å²) in [4.78, 5) is 0. The Morgan fingerprint density at radius 1 is 0.643 bits per heavy atom. The Balaban J connectivity index is 3.28. The second-order valence-corrected chi connectivity index (χ2v) is 2.54. The third-order valence-electron chi connectivity index (χ3n) is 1.89. The van der Waals surface area contributed by atoms with Crippen molar-refractivity contribution in [1.29, 1.82) is 0 Å². The van der Waals surface area contributed by atoms with Gasteiger partial charge in [0, 0.05) is 0 Å². The molecule has 1 heterocycles. The molecule has 0 radical (unpaired) electrons. The van der Waals surface area contributed by atoms with E-state index in [-0.39, 0.29) is 0 Å². The standard InChI is InChI=1S/C8H12B2O4/c1-11-5-6(12-2)8(14-4)10-9-7(5)13-3/h1-4H3. The van der Waals surface area contributed by atoms with Crippen LogP contribution in [-0.2, 0) is 0 Å². The molecule has 0 unspecified atom stereocenters. The molecule has 0 aliphatic carbocycles. The van der Waals surface area contributed by atoms with Crippen molar-refractivity contribution in [3.8, 4) is 22.8 Å². The minimum atomic E-state index is 0.536. The van der Waals surface area contributed by atoms with Gasteiger partial charge in [0.25, 0.3) is 0 Å². The fourth-order valence-electron chi connectivity index (χ4n) is 1.23. The number of hydrogen-bond donors (Lipinski definition) is 0. The van der Waals surface area contributed by atoms with Crippen LogP contribution in [0, 0.1) is 0 Å². The summed E-state index contributed by atoms with van der Waals surface area (Å²) in [5.41, 5.74) is 1.23. The van der Waals surface area contributed by atoms with Crippen LogP contribution in [0.5, 0.6) is 22.8 Å². The third-order valence-corrected chi connectivity index (χ3v) is 1.89. The fraction of sp³-hybridized carbons (Fsp3) is 0.500. The zero-order valence-electron chi connectivity index (χ0n) is 8.79. The predicted molar refractivity (Wildman–Crippen MR) is 55.3 cm³/mol. The van der Waals surface area contributed by atoms with E-state index in [1.54, 1.807) is 42.0 Å². The van der Waals surface area contributed by atoms with Gasteiger partial charge < -0.3 is 0 Å². The Morgan fingerprint density at radius 3 is 1.21 bits per heavy atom. The summed E-state index contributed by atoms with van der Waals surface area (Å²) < 4.78 is 20.6. The second-order valence-electron chi connectivity index (χ2n) is 2.54. The van der Waals surface area contributed by atoms with E-state index in [2.05, 4.69) is 0 Å². The third kappa shape index (κ3) is 1.83. The molecular formula is C8H12B2O4. The van der Waals surface area contributed by atoms with Crippen molar-refractivity contribution >= 4 is 13.6 Å². The second kappa shape index (κ2) is 4.88. The topological polar surface area (TPSA) is 36.9 Å². The molecule has 0 bridgehead atoms. The minimum absolute atomic E-state index is 0.536. The van der Waals surface area contributed by atoms with Gasteiger partial charge in [-0.25, -0.2) is 0 Å². The number of hydrogen-bond acceptors (Lipinski definition) is 4. The predicted octanol–water partition coefficient (Wildman–Crippen LogP) is 0.397. The molecule has 0 fully saturated rings. The molecule has 0 atom stereocenters. The van der Waals surface area contributed by atoms with E-state index in [1.807, 2.05) is 0 Å². The molecule has 4 nitrogen and oxygen atoms in total. The van der Waals surface area contributed by atoms with Gasteiger partial charge in [0.05, 0.1) is 0 Å². The van der Waals surface area contributed by atoms with Gasteiger partial charge in [-0.15, -0.1) is 0 Å². The van der Waals surface area contributed by atoms with Crippen molar-refractivity contribution in [3.05, 3.63) is 0 Å². The van der Waals surface area contributed by atoms with Gasteiger partial charge >= 0.3 is 83.8 Å². The molecule has 0 aliphatic heterocycles. The van der Waals surface area contributed by atoms with E-state index in [0.29, 0.717) is 22.8 Å². The van der Waals surface area contributed by atoms with Gasteiger partial charge in [0.2, 0.25) is 0 Å². The van der Waals surface area contributed by atoms with E-state index < -0.39 is 0 Å². The summed E-state index contributed by atoms with van der Waals surface area (Å²) in [5, 5.41) is 0. The first-order valence-corrected chi connectivity index (χ1v) is 4.11. The van der Waals surface area contributed by atoms with Crippen molar-refractivity contribution in [2.45, 2.75) is 0 Å². The summed E-state index contributed by atoms with van der Waals surface area (Å²) >= 11 is 0. The van der Waals surface area contributed by atoms with Crippen molar-refractivity contribution in [1.82, 2.24) is 0 Å². The van der Waals surface area contributed by atoms with Crippen LogP contribution in [0.3, 0.4) is 0 Å². The Morgan fingerprint density at radius 2 is 1.00 bits per heavy atom. The molecule has 1 aromatic rings. The number of methoxy groups -OCH3 is 4. The first-order valence-electron chi connectivity index (χ1n) is 4.11.